The van der Waals surface area contributed by atoms with Crippen LogP contribution in [0.2, 0.25) is 0 Å². The van der Waals surface area contributed by atoms with Gasteiger partial charge in [0.2, 0.25) is 0 Å². The summed E-state index contributed by atoms with van der Waals surface area (Å²) in [5, 5.41) is 0. The van der Waals surface area contributed by atoms with Crippen LogP contribution in [-0.2, 0) is 0 Å². The van der Waals surface area contributed by atoms with Crippen molar-refractivity contribution in [2.24, 2.45) is 0 Å². The SMILES string of the molecule is Cl.Cl.Cl.Nc1ccc(N2CCCC2)nc1. The molecule has 0 unspecified atom stereocenters. The van der Waals surface area contributed by atoms with Crippen molar-refractivity contribution in [2.75, 3.05) is 23.7 Å². The molecule has 0 amide bonds. The van der Waals surface area contributed by atoms with E-state index in [0.29, 0.717) is 0 Å². The number of rotatable bonds is 1. The molecule has 6 heteroatoms. The third kappa shape index (κ3) is 4.33. The molecule has 0 aromatic carbocycles. The molecule has 15 heavy (non-hydrogen) atoms. The number of pyridine rings is 1. The first kappa shape index (κ1) is 17.0. The van der Waals surface area contributed by atoms with Crippen LogP contribution in [-0.4, -0.2) is 18.1 Å². The van der Waals surface area contributed by atoms with Crippen LogP contribution < -0.4 is 10.6 Å². The minimum Gasteiger partial charge on any atom is -0.397 e. The van der Waals surface area contributed by atoms with Crippen LogP contribution in [0.25, 0.3) is 0 Å². The van der Waals surface area contributed by atoms with Gasteiger partial charge in [0.25, 0.3) is 0 Å². The van der Waals surface area contributed by atoms with Crippen molar-refractivity contribution in [3.05, 3.63) is 18.3 Å². The van der Waals surface area contributed by atoms with Gasteiger partial charge in [-0.15, -0.1) is 37.2 Å². The van der Waals surface area contributed by atoms with Crippen molar-refractivity contribution in [2.45, 2.75) is 12.8 Å². The Bertz CT molecular complexity index is 260. The number of hydrogen-bond acceptors (Lipinski definition) is 3. The Morgan fingerprint density at radius 3 is 2.13 bits per heavy atom. The summed E-state index contributed by atoms with van der Waals surface area (Å²) in [5.41, 5.74) is 6.28. The highest BCUT2D eigenvalue weighted by Crippen LogP contribution is 2.17. The second kappa shape index (κ2) is 7.85. The molecule has 0 radical (unpaired) electrons. The first-order chi connectivity index (χ1) is 5.86. The second-order valence-corrected chi connectivity index (χ2v) is 3.14. The molecule has 1 aromatic rings. The van der Waals surface area contributed by atoms with Gasteiger partial charge in [0.1, 0.15) is 5.82 Å². The fraction of sp³-hybridized carbons (Fsp3) is 0.444. The lowest BCUT2D eigenvalue weighted by Crippen LogP contribution is -2.18. The summed E-state index contributed by atoms with van der Waals surface area (Å²) in [5.74, 6) is 1.06. The lowest BCUT2D eigenvalue weighted by molar-refractivity contribution is 0.938. The van der Waals surface area contributed by atoms with Gasteiger partial charge in [-0.25, -0.2) is 4.98 Å². The van der Waals surface area contributed by atoms with E-state index in [1.165, 1.54) is 12.8 Å². The Kier molecular flexibility index (Phi) is 8.92. The first-order valence-corrected chi connectivity index (χ1v) is 4.33. The summed E-state index contributed by atoms with van der Waals surface area (Å²) < 4.78 is 0. The van der Waals surface area contributed by atoms with E-state index in [1.807, 2.05) is 12.1 Å². The standard InChI is InChI=1S/C9H13N3.3ClH/c10-8-3-4-9(11-7-8)12-5-1-2-6-12;;;/h3-4,7H,1-2,5-6,10H2;3*1H. The quantitative estimate of drug-likeness (QED) is 0.854. The monoisotopic (exact) mass is 271 g/mol. The molecule has 88 valence electrons. The van der Waals surface area contributed by atoms with E-state index in [4.69, 9.17) is 5.73 Å². The second-order valence-electron chi connectivity index (χ2n) is 3.14. The average Bonchev–Trinajstić information content (AvgIpc) is 2.58. The number of nitrogen functional groups attached to an aromatic ring is 1. The molecule has 0 atom stereocenters. The average molecular weight is 273 g/mol. The van der Waals surface area contributed by atoms with E-state index in [9.17, 15) is 0 Å². The fourth-order valence-corrected chi connectivity index (χ4v) is 1.53. The zero-order valence-electron chi connectivity index (χ0n) is 8.26. The lowest BCUT2D eigenvalue weighted by Gasteiger charge is -2.15. The topological polar surface area (TPSA) is 42.1 Å². The molecule has 1 aromatic heterocycles. The molecule has 2 N–H and O–H groups in total. The number of nitrogens with zero attached hydrogens (tertiary/aromatic N) is 2. The van der Waals surface area contributed by atoms with Crippen molar-refractivity contribution < 1.29 is 0 Å². The molecule has 1 aliphatic rings. The van der Waals surface area contributed by atoms with Gasteiger partial charge in [0, 0.05) is 13.1 Å². The van der Waals surface area contributed by atoms with Crippen molar-refractivity contribution in [3.8, 4) is 0 Å². The third-order valence-corrected chi connectivity index (χ3v) is 2.20. The highest BCUT2D eigenvalue weighted by Gasteiger charge is 2.12. The third-order valence-electron chi connectivity index (χ3n) is 2.20. The maximum Gasteiger partial charge on any atom is 0.128 e. The zero-order chi connectivity index (χ0) is 8.39. The molecular formula is C9H16Cl3N3. The van der Waals surface area contributed by atoms with Crippen LogP contribution in [0.1, 0.15) is 12.8 Å². The van der Waals surface area contributed by atoms with Crippen LogP contribution in [0, 0.1) is 0 Å². The molecule has 0 spiro atoms. The predicted molar refractivity (Wildman–Crippen MR) is 71.8 cm³/mol. The predicted octanol–water partition coefficient (Wildman–Crippen LogP) is 2.53. The van der Waals surface area contributed by atoms with E-state index in [-0.39, 0.29) is 37.2 Å². The molecule has 3 nitrogen and oxygen atoms in total. The maximum absolute atomic E-state index is 5.54. The summed E-state index contributed by atoms with van der Waals surface area (Å²) in [6, 6.07) is 3.89. The van der Waals surface area contributed by atoms with Gasteiger partial charge >= 0.3 is 0 Å². The largest absolute Gasteiger partial charge is 0.397 e. The van der Waals surface area contributed by atoms with Gasteiger partial charge in [0.15, 0.2) is 0 Å². The highest BCUT2D eigenvalue weighted by molar-refractivity contribution is 5.86. The smallest absolute Gasteiger partial charge is 0.128 e. The molecule has 0 saturated carbocycles. The van der Waals surface area contributed by atoms with Crippen molar-refractivity contribution in [1.29, 1.82) is 0 Å². The van der Waals surface area contributed by atoms with Crippen molar-refractivity contribution in [3.63, 3.8) is 0 Å². The van der Waals surface area contributed by atoms with Crippen molar-refractivity contribution in [1.82, 2.24) is 4.98 Å². The van der Waals surface area contributed by atoms with Crippen LogP contribution in [0.15, 0.2) is 18.3 Å². The molecule has 1 fully saturated rings. The Morgan fingerprint density at radius 1 is 1.07 bits per heavy atom. The van der Waals surface area contributed by atoms with E-state index >= 15 is 0 Å². The number of aromatic nitrogens is 1. The molecule has 1 saturated heterocycles. The van der Waals surface area contributed by atoms with Gasteiger partial charge in [-0.05, 0) is 25.0 Å². The van der Waals surface area contributed by atoms with Gasteiger partial charge in [0.05, 0.1) is 11.9 Å². The number of anilines is 2. The van der Waals surface area contributed by atoms with E-state index in [2.05, 4.69) is 9.88 Å². The Balaban J connectivity index is 0. The van der Waals surface area contributed by atoms with Gasteiger partial charge in [-0.1, -0.05) is 0 Å². The molecule has 2 heterocycles. The first-order valence-electron chi connectivity index (χ1n) is 4.33. The summed E-state index contributed by atoms with van der Waals surface area (Å²) in [7, 11) is 0. The lowest BCUT2D eigenvalue weighted by atomic mass is 10.4. The number of halogens is 3. The van der Waals surface area contributed by atoms with E-state index in [0.717, 1.165) is 24.6 Å². The summed E-state index contributed by atoms with van der Waals surface area (Å²) in [6.07, 6.45) is 4.28. The molecular weight excluding hydrogens is 256 g/mol. The van der Waals surface area contributed by atoms with Gasteiger partial charge < -0.3 is 10.6 Å². The van der Waals surface area contributed by atoms with Crippen LogP contribution >= 0.6 is 37.2 Å². The number of nitrogens with two attached hydrogens (primary N) is 1. The Morgan fingerprint density at radius 2 is 1.67 bits per heavy atom. The minimum atomic E-state index is 0. The van der Waals surface area contributed by atoms with E-state index in [1.54, 1.807) is 6.20 Å². The number of hydrogen-bond donors (Lipinski definition) is 1. The maximum atomic E-state index is 5.54. The van der Waals surface area contributed by atoms with Crippen molar-refractivity contribution >= 4 is 48.7 Å². The van der Waals surface area contributed by atoms with Gasteiger partial charge in [-0.3, -0.25) is 0 Å². The minimum absolute atomic E-state index is 0. The molecule has 2 rings (SSSR count). The van der Waals surface area contributed by atoms with E-state index < -0.39 is 0 Å². The summed E-state index contributed by atoms with van der Waals surface area (Å²) in [4.78, 5) is 6.55. The Labute approximate surface area is 109 Å². The van der Waals surface area contributed by atoms with Gasteiger partial charge in [-0.2, -0.15) is 0 Å². The van der Waals surface area contributed by atoms with Crippen LogP contribution in [0.4, 0.5) is 11.5 Å². The molecule has 0 bridgehead atoms. The zero-order valence-corrected chi connectivity index (χ0v) is 10.7. The summed E-state index contributed by atoms with van der Waals surface area (Å²) in [6.45, 7) is 2.27. The van der Waals surface area contributed by atoms with Crippen LogP contribution in [0.3, 0.4) is 0 Å². The fourth-order valence-electron chi connectivity index (χ4n) is 1.53. The summed E-state index contributed by atoms with van der Waals surface area (Å²) >= 11 is 0. The van der Waals surface area contributed by atoms with Crippen LogP contribution in [0.5, 0.6) is 0 Å². The highest BCUT2D eigenvalue weighted by atomic mass is 35.5. The molecule has 0 aliphatic carbocycles. The Hall–Kier alpha value is -0.380. The normalized spacial score (nSPS) is 13.5. The molecule has 1 aliphatic heterocycles.